The van der Waals surface area contributed by atoms with Crippen LogP contribution in [0.25, 0.3) is 10.2 Å². The number of halogens is 3. The molecule has 0 atom stereocenters. The molecular formula is C16H8F3N5O2S. The number of hydrogen-bond acceptors (Lipinski definition) is 7. The smallest absolute Gasteiger partial charge is 0.277 e. The monoisotopic (exact) mass is 391 g/mol. The standard InChI is InChI=1S/C16H8F3N5O2S/c17-16(18,19)10-7-9(5-6-13(10)24(25)26)22-23-12(8-20)15-21-11-3-1-2-4-14(11)27-15/h1-7,22H/b23-12+. The molecule has 7 nitrogen and oxygen atoms in total. The molecule has 0 bridgehead atoms. The second-order valence-corrected chi connectivity index (χ2v) is 6.19. The van der Waals surface area contributed by atoms with Crippen molar-refractivity contribution in [3.05, 3.63) is 63.1 Å². The van der Waals surface area contributed by atoms with Crippen molar-refractivity contribution in [2.45, 2.75) is 6.18 Å². The van der Waals surface area contributed by atoms with Crippen LogP contribution in [0.15, 0.2) is 47.6 Å². The van der Waals surface area contributed by atoms with E-state index in [0.29, 0.717) is 16.6 Å². The summed E-state index contributed by atoms with van der Waals surface area (Å²) < 4.78 is 39.8. The molecule has 0 radical (unpaired) electrons. The number of rotatable bonds is 4. The van der Waals surface area contributed by atoms with Gasteiger partial charge < -0.3 is 0 Å². The van der Waals surface area contributed by atoms with Gasteiger partial charge in [0.15, 0.2) is 10.7 Å². The first-order chi connectivity index (χ1) is 12.8. The number of anilines is 1. The fraction of sp³-hybridized carbons (Fsp3) is 0.0625. The van der Waals surface area contributed by atoms with Crippen LogP contribution in [-0.2, 0) is 6.18 Å². The number of fused-ring (bicyclic) bond motifs is 1. The van der Waals surface area contributed by atoms with Crippen LogP contribution in [0.5, 0.6) is 0 Å². The van der Waals surface area contributed by atoms with E-state index in [4.69, 9.17) is 0 Å². The molecule has 0 fully saturated rings. The van der Waals surface area contributed by atoms with Crippen LogP contribution in [0.2, 0.25) is 0 Å². The Hall–Kier alpha value is -3.52. The van der Waals surface area contributed by atoms with Crippen molar-refractivity contribution in [3.8, 4) is 6.07 Å². The molecule has 0 saturated carbocycles. The molecule has 1 aromatic heterocycles. The van der Waals surface area contributed by atoms with Crippen molar-refractivity contribution in [1.82, 2.24) is 4.98 Å². The minimum atomic E-state index is -4.91. The van der Waals surface area contributed by atoms with E-state index < -0.39 is 22.4 Å². The number of benzene rings is 2. The van der Waals surface area contributed by atoms with E-state index in [2.05, 4.69) is 15.5 Å². The Morgan fingerprint density at radius 2 is 2.04 bits per heavy atom. The predicted molar refractivity (Wildman–Crippen MR) is 93.5 cm³/mol. The summed E-state index contributed by atoms with van der Waals surface area (Å²) in [6.45, 7) is 0. The maximum absolute atomic E-state index is 13.0. The highest BCUT2D eigenvalue weighted by Gasteiger charge is 2.38. The highest BCUT2D eigenvalue weighted by molar-refractivity contribution is 7.20. The molecule has 3 aromatic rings. The molecule has 0 spiro atoms. The van der Waals surface area contributed by atoms with E-state index >= 15 is 0 Å². The van der Waals surface area contributed by atoms with Crippen molar-refractivity contribution in [2.24, 2.45) is 5.10 Å². The Morgan fingerprint density at radius 3 is 2.67 bits per heavy atom. The van der Waals surface area contributed by atoms with Gasteiger partial charge in [0.25, 0.3) is 5.69 Å². The number of aromatic nitrogens is 1. The van der Waals surface area contributed by atoms with E-state index in [1.807, 2.05) is 12.1 Å². The van der Waals surface area contributed by atoms with Gasteiger partial charge in [0.05, 0.1) is 20.8 Å². The van der Waals surface area contributed by atoms with Gasteiger partial charge in [-0.2, -0.15) is 23.5 Å². The zero-order chi connectivity index (χ0) is 19.6. The van der Waals surface area contributed by atoms with E-state index in [-0.39, 0.29) is 11.4 Å². The molecule has 2 aromatic carbocycles. The predicted octanol–water partition coefficient (Wildman–Crippen LogP) is 4.56. The van der Waals surface area contributed by atoms with Gasteiger partial charge in [0.2, 0.25) is 0 Å². The minimum Gasteiger partial charge on any atom is -0.277 e. The van der Waals surface area contributed by atoms with Gasteiger partial charge in [0.1, 0.15) is 11.6 Å². The summed E-state index contributed by atoms with van der Waals surface area (Å²) in [4.78, 5) is 13.9. The van der Waals surface area contributed by atoms with Crippen LogP contribution >= 0.6 is 11.3 Å². The number of nitrogens with zero attached hydrogens (tertiary/aromatic N) is 4. The van der Waals surface area contributed by atoms with Crippen LogP contribution in [-0.4, -0.2) is 15.6 Å². The zero-order valence-electron chi connectivity index (χ0n) is 13.2. The molecule has 1 heterocycles. The molecular weight excluding hydrogens is 383 g/mol. The number of thiazole rings is 1. The number of alkyl halides is 3. The third-order valence-electron chi connectivity index (χ3n) is 3.40. The first-order valence-electron chi connectivity index (χ1n) is 7.25. The first-order valence-corrected chi connectivity index (χ1v) is 8.06. The summed E-state index contributed by atoms with van der Waals surface area (Å²) >= 11 is 1.21. The van der Waals surface area contributed by atoms with Gasteiger partial charge in [-0.3, -0.25) is 15.5 Å². The fourth-order valence-corrected chi connectivity index (χ4v) is 3.11. The summed E-state index contributed by atoms with van der Waals surface area (Å²) in [6, 6.07) is 11.3. The van der Waals surface area contributed by atoms with Gasteiger partial charge in [-0.05, 0) is 24.3 Å². The van der Waals surface area contributed by atoms with Crippen molar-refractivity contribution >= 4 is 38.6 Å². The van der Waals surface area contributed by atoms with E-state index in [9.17, 15) is 28.5 Å². The van der Waals surface area contributed by atoms with Crippen molar-refractivity contribution in [3.63, 3.8) is 0 Å². The molecule has 136 valence electrons. The normalized spacial score (nSPS) is 12.0. The highest BCUT2D eigenvalue weighted by Crippen LogP contribution is 2.37. The Bertz CT molecular complexity index is 1070. The van der Waals surface area contributed by atoms with Gasteiger partial charge in [-0.1, -0.05) is 12.1 Å². The molecule has 0 unspecified atom stereocenters. The second-order valence-electron chi connectivity index (χ2n) is 5.16. The largest absolute Gasteiger partial charge is 0.423 e. The van der Waals surface area contributed by atoms with Crippen LogP contribution in [0.4, 0.5) is 24.5 Å². The van der Waals surface area contributed by atoms with Crippen LogP contribution in [0.3, 0.4) is 0 Å². The molecule has 1 N–H and O–H groups in total. The van der Waals surface area contributed by atoms with Crippen molar-refractivity contribution in [2.75, 3.05) is 5.43 Å². The molecule has 27 heavy (non-hydrogen) atoms. The number of nitriles is 1. The lowest BCUT2D eigenvalue weighted by atomic mass is 10.1. The summed E-state index contributed by atoms with van der Waals surface area (Å²) in [5, 5.41) is 24.1. The average molecular weight is 391 g/mol. The number of para-hydroxylation sites is 1. The van der Waals surface area contributed by atoms with E-state index in [1.165, 1.54) is 11.3 Å². The molecule has 3 rings (SSSR count). The Morgan fingerprint density at radius 1 is 1.30 bits per heavy atom. The maximum atomic E-state index is 13.0. The van der Waals surface area contributed by atoms with Crippen LogP contribution < -0.4 is 5.43 Å². The summed E-state index contributed by atoms with van der Waals surface area (Å²) in [7, 11) is 0. The summed E-state index contributed by atoms with van der Waals surface area (Å²) in [5.41, 5.74) is 0.239. The number of nitro groups is 1. The lowest BCUT2D eigenvalue weighted by Gasteiger charge is -2.09. The van der Waals surface area contributed by atoms with Crippen LogP contribution in [0, 0.1) is 21.4 Å². The Balaban J connectivity index is 1.94. The SMILES string of the molecule is N#C/C(=N\Nc1ccc([N+](=O)[O-])c(C(F)(F)F)c1)c1nc2ccccc2s1. The lowest BCUT2D eigenvalue weighted by molar-refractivity contribution is -0.388. The molecule has 0 aliphatic heterocycles. The summed E-state index contributed by atoms with van der Waals surface area (Å²) in [5.74, 6) is 0. The third kappa shape index (κ3) is 3.85. The molecule has 0 amide bonds. The Kier molecular flexibility index (Phi) is 4.74. The fourth-order valence-electron chi connectivity index (χ4n) is 2.21. The number of hydrogen-bond donors (Lipinski definition) is 1. The van der Waals surface area contributed by atoms with Crippen molar-refractivity contribution in [1.29, 1.82) is 5.26 Å². The van der Waals surface area contributed by atoms with Crippen LogP contribution in [0.1, 0.15) is 10.6 Å². The molecule has 0 aliphatic carbocycles. The Labute approximate surface area is 153 Å². The van der Waals surface area contributed by atoms with Gasteiger partial charge in [0, 0.05) is 6.07 Å². The second kappa shape index (κ2) is 7.00. The first kappa shape index (κ1) is 18.3. The number of hydrazone groups is 1. The topological polar surface area (TPSA) is 104 Å². The quantitative estimate of drug-likeness (QED) is 0.399. The molecule has 11 heteroatoms. The van der Waals surface area contributed by atoms with Gasteiger partial charge in [-0.25, -0.2) is 4.98 Å². The molecule has 0 saturated heterocycles. The zero-order valence-corrected chi connectivity index (χ0v) is 14.0. The van der Waals surface area contributed by atoms with Crippen molar-refractivity contribution < 1.29 is 18.1 Å². The maximum Gasteiger partial charge on any atom is 0.423 e. The highest BCUT2D eigenvalue weighted by atomic mass is 32.1. The number of nitrogens with one attached hydrogen (secondary N) is 1. The average Bonchev–Trinajstić information content (AvgIpc) is 3.05. The number of nitro benzene ring substituents is 1. The lowest BCUT2D eigenvalue weighted by Crippen LogP contribution is -2.10. The third-order valence-corrected chi connectivity index (χ3v) is 4.44. The molecule has 0 aliphatic rings. The minimum absolute atomic E-state index is 0.122. The van der Waals surface area contributed by atoms with Gasteiger partial charge in [-0.15, -0.1) is 11.3 Å². The van der Waals surface area contributed by atoms with E-state index in [1.54, 1.807) is 18.2 Å². The van der Waals surface area contributed by atoms with E-state index in [0.717, 1.165) is 16.8 Å². The van der Waals surface area contributed by atoms with Gasteiger partial charge >= 0.3 is 6.18 Å². The summed E-state index contributed by atoms with van der Waals surface area (Å²) in [6.07, 6.45) is -4.91.